The van der Waals surface area contributed by atoms with Crippen LogP contribution in [0.2, 0.25) is 0 Å². The van der Waals surface area contributed by atoms with Gasteiger partial charge >= 0.3 is 0 Å². The normalized spacial score (nSPS) is 15.3. The fourth-order valence-corrected chi connectivity index (χ4v) is 2.48. The van der Waals surface area contributed by atoms with Crippen LogP contribution >= 0.6 is 0 Å². The van der Waals surface area contributed by atoms with Crippen molar-refractivity contribution in [3.05, 3.63) is 35.9 Å². The highest BCUT2D eigenvalue weighted by molar-refractivity contribution is 5.44. The first-order valence-corrected chi connectivity index (χ1v) is 7.37. The predicted molar refractivity (Wildman–Crippen MR) is 82.6 cm³/mol. The number of anilines is 2. The van der Waals surface area contributed by atoms with Crippen molar-refractivity contribution < 1.29 is 0 Å². The van der Waals surface area contributed by atoms with Crippen LogP contribution in [0.15, 0.2) is 24.5 Å². The minimum absolute atomic E-state index is 0.934. The molecule has 0 aliphatic carbocycles. The lowest BCUT2D eigenvalue weighted by atomic mass is 10.2. The summed E-state index contributed by atoms with van der Waals surface area (Å²) in [5.74, 6) is 1.98. The lowest BCUT2D eigenvalue weighted by molar-refractivity contribution is 0.636. The maximum atomic E-state index is 4.39. The van der Waals surface area contributed by atoms with Crippen molar-refractivity contribution in [3.63, 3.8) is 0 Å². The molecule has 0 saturated carbocycles. The zero-order chi connectivity index (χ0) is 14.7. The second-order valence-corrected chi connectivity index (χ2v) is 5.23. The Hall–Kier alpha value is -2.24. The average Bonchev–Trinajstić information content (AvgIpc) is 2.56. The van der Waals surface area contributed by atoms with Gasteiger partial charge in [-0.25, -0.2) is 9.97 Å². The van der Waals surface area contributed by atoms with Crippen LogP contribution in [0.4, 0.5) is 11.6 Å². The van der Waals surface area contributed by atoms with E-state index < -0.39 is 0 Å². The van der Waals surface area contributed by atoms with E-state index in [0.717, 1.165) is 55.6 Å². The SMILES string of the molecule is CCc1cc(N2CCN(c3ccc(C)nn3)CC2)ncn1. The fourth-order valence-electron chi connectivity index (χ4n) is 2.48. The number of hydrogen-bond donors (Lipinski definition) is 0. The predicted octanol–water partition coefficient (Wildman–Crippen LogP) is 1.46. The summed E-state index contributed by atoms with van der Waals surface area (Å²) in [6.07, 6.45) is 2.60. The molecule has 1 aliphatic rings. The van der Waals surface area contributed by atoms with Gasteiger partial charge in [0.05, 0.1) is 5.69 Å². The summed E-state index contributed by atoms with van der Waals surface area (Å²) in [6.45, 7) is 7.81. The van der Waals surface area contributed by atoms with Crippen LogP contribution in [0.1, 0.15) is 18.3 Å². The summed E-state index contributed by atoms with van der Waals surface area (Å²) in [6, 6.07) is 6.13. The third-order valence-electron chi connectivity index (χ3n) is 3.78. The molecule has 2 aromatic rings. The van der Waals surface area contributed by atoms with Crippen molar-refractivity contribution >= 4 is 11.6 Å². The lowest BCUT2D eigenvalue weighted by Gasteiger charge is -2.35. The summed E-state index contributed by atoms with van der Waals surface area (Å²) in [5, 5.41) is 8.39. The van der Waals surface area contributed by atoms with Crippen LogP contribution in [-0.2, 0) is 6.42 Å². The Morgan fingerprint density at radius 1 is 0.952 bits per heavy atom. The number of hydrogen-bond acceptors (Lipinski definition) is 6. The average molecular weight is 284 g/mol. The van der Waals surface area contributed by atoms with Gasteiger partial charge in [0, 0.05) is 37.9 Å². The van der Waals surface area contributed by atoms with Crippen LogP contribution in [-0.4, -0.2) is 46.3 Å². The van der Waals surface area contributed by atoms with Crippen LogP contribution in [0.25, 0.3) is 0 Å². The number of nitrogens with zero attached hydrogens (tertiary/aromatic N) is 6. The molecule has 0 atom stereocenters. The zero-order valence-corrected chi connectivity index (χ0v) is 12.5. The van der Waals surface area contributed by atoms with E-state index in [1.807, 2.05) is 19.1 Å². The Kier molecular flexibility index (Phi) is 3.94. The monoisotopic (exact) mass is 284 g/mol. The molecule has 0 aromatic carbocycles. The molecular formula is C15H20N6. The first kappa shape index (κ1) is 13.7. The first-order valence-electron chi connectivity index (χ1n) is 7.37. The molecule has 110 valence electrons. The van der Waals surface area contributed by atoms with E-state index in [4.69, 9.17) is 0 Å². The Morgan fingerprint density at radius 2 is 1.67 bits per heavy atom. The van der Waals surface area contributed by atoms with Crippen molar-refractivity contribution in [2.24, 2.45) is 0 Å². The molecule has 0 bridgehead atoms. The van der Waals surface area contributed by atoms with Gasteiger partial charge in [-0.15, -0.1) is 5.10 Å². The standard InChI is InChI=1S/C15H20N6/c1-3-13-10-15(17-11-16-13)21-8-6-20(7-9-21)14-5-4-12(2)18-19-14/h4-5,10-11H,3,6-9H2,1-2H3. The van der Waals surface area contributed by atoms with Gasteiger partial charge in [-0.1, -0.05) is 6.92 Å². The summed E-state index contributed by atoms with van der Waals surface area (Å²) in [7, 11) is 0. The molecule has 3 heterocycles. The molecule has 0 radical (unpaired) electrons. The maximum absolute atomic E-state index is 4.39. The van der Waals surface area contributed by atoms with Gasteiger partial charge in [-0.2, -0.15) is 5.10 Å². The molecule has 2 aromatic heterocycles. The van der Waals surface area contributed by atoms with Gasteiger partial charge in [0.15, 0.2) is 5.82 Å². The molecule has 6 heteroatoms. The molecule has 6 nitrogen and oxygen atoms in total. The van der Waals surface area contributed by atoms with E-state index in [2.05, 4.69) is 43.0 Å². The highest BCUT2D eigenvalue weighted by Crippen LogP contribution is 2.17. The summed E-state index contributed by atoms with van der Waals surface area (Å²) >= 11 is 0. The van der Waals surface area contributed by atoms with Crippen LogP contribution in [0, 0.1) is 6.92 Å². The van der Waals surface area contributed by atoms with Crippen LogP contribution in [0.5, 0.6) is 0 Å². The van der Waals surface area contributed by atoms with E-state index in [-0.39, 0.29) is 0 Å². The van der Waals surface area contributed by atoms with Crippen LogP contribution < -0.4 is 9.80 Å². The number of piperazine rings is 1. The molecule has 1 saturated heterocycles. The van der Waals surface area contributed by atoms with Crippen molar-refractivity contribution in [2.45, 2.75) is 20.3 Å². The Bertz CT molecular complexity index is 589. The second-order valence-electron chi connectivity index (χ2n) is 5.23. The smallest absolute Gasteiger partial charge is 0.151 e. The Morgan fingerprint density at radius 3 is 2.29 bits per heavy atom. The van der Waals surface area contributed by atoms with E-state index >= 15 is 0 Å². The third-order valence-corrected chi connectivity index (χ3v) is 3.78. The van der Waals surface area contributed by atoms with Gasteiger partial charge < -0.3 is 9.80 Å². The molecule has 1 fully saturated rings. The van der Waals surface area contributed by atoms with Gasteiger partial charge in [0.2, 0.25) is 0 Å². The largest absolute Gasteiger partial charge is 0.353 e. The number of aromatic nitrogens is 4. The minimum atomic E-state index is 0.934. The molecule has 0 unspecified atom stereocenters. The molecule has 1 aliphatic heterocycles. The minimum Gasteiger partial charge on any atom is -0.353 e. The van der Waals surface area contributed by atoms with Gasteiger partial charge in [0.25, 0.3) is 0 Å². The third kappa shape index (κ3) is 3.09. The molecular weight excluding hydrogens is 264 g/mol. The molecule has 0 amide bonds. The van der Waals surface area contributed by atoms with Gasteiger partial charge in [-0.05, 0) is 25.5 Å². The lowest BCUT2D eigenvalue weighted by Crippen LogP contribution is -2.47. The molecule has 21 heavy (non-hydrogen) atoms. The molecule has 3 rings (SSSR count). The highest BCUT2D eigenvalue weighted by atomic mass is 15.3. The number of aryl methyl sites for hydroxylation is 2. The van der Waals surface area contributed by atoms with E-state index in [9.17, 15) is 0 Å². The van der Waals surface area contributed by atoms with E-state index in [0.29, 0.717) is 0 Å². The van der Waals surface area contributed by atoms with Gasteiger partial charge in [-0.3, -0.25) is 0 Å². The highest BCUT2D eigenvalue weighted by Gasteiger charge is 2.19. The quantitative estimate of drug-likeness (QED) is 0.850. The van der Waals surface area contributed by atoms with Crippen molar-refractivity contribution in [3.8, 4) is 0 Å². The fraction of sp³-hybridized carbons (Fsp3) is 0.467. The number of rotatable bonds is 3. The van der Waals surface area contributed by atoms with Crippen molar-refractivity contribution in [2.75, 3.05) is 36.0 Å². The van der Waals surface area contributed by atoms with Crippen LogP contribution in [0.3, 0.4) is 0 Å². The van der Waals surface area contributed by atoms with E-state index in [1.54, 1.807) is 6.33 Å². The Balaban J connectivity index is 1.65. The van der Waals surface area contributed by atoms with Crippen molar-refractivity contribution in [1.29, 1.82) is 0 Å². The first-order chi connectivity index (χ1) is 10.3. The Labute approximate surface area is 124 Å². The van der Waals surface area contributed by atoms with Gasteiger partial charge in [0.1, 0.15) is 12.1 Å². The summed E-state index contributed by atoms with van der Waals surface area (Å²) in [4.78, 5) is 13.2. The molecule has 0 N–H and O–H groups in total. The topological polar surface area (TPSA) is 58.0 Å². The maximum Gasteiger partial charge on any atom is 0.151 e. The second kappa shape index (κ2) is 6.03. The zero-order valence-electron chi connectivity index (χ0n) is 12.5. The molecule has 0 spiro atoms. The summed E-state index contributed by atoms with van der Waals surface area (Å²) in [5.41, 5.74) is 2.04. The van der Waals surface area contributed by atoms with Crippen molar-refractivity contribution in [1.82, 2.24) is 20.2 Å². The summed E-state index contributed by atoms with van der Waals surface area (Å²) < 4.78 is 0. The van der Waals surface area contributed by atoms with E-state index in [1.165, 1.54) is 0 Å².